The fourth-order valence-electron chi connectivity index (χ4n) is 4.56. The van der Waals surface area contributed by atoms with Gasteiger partial charge in [0.15, 0.2) is 0 Å². The van der Waals surface area contributed by atoms with E-state index < -0.39 is 0 Å². The Labute approximate surface area is 193 Å². The van der Waals surface area contributed by atoms with E-state index in [1.165, 1.54) is 5.56 Å². The first-order chi connectivity index (χ1) is 15.3. The van der Waals surface area contributed by atoms with Gasteiger partial charge in [0.25, 0.3) is 5.91 Å². The summed E-state index contributed by atoms with van der Waals surface area (Å²) in [6.07, 6.45) is 7.73. The molecule has 6 heteroatoms. The maximum atomic E-state index is 12.5. The number of aromatic amines is 1. The number of fused-ring (bicyclic) bond motifs is 1. The van der Waals surface area contributed by atoms with E-state index in [9.17, 15) is 9.59 Å². The Bertz CT molecular complexity index is 1110. The quantitative estimate of drug-likeness (QED) is 0.513. The van der Waals surface area contributed by atoms with Crippen molar-refractivity contribution < 1.29 is 13.9 Å². The van der Waals surface area contributed by atoms with Crippen LogP contribution in [0.1, 0.15) is 78.3 Å². The molecule has 2 amide bonds. The van der Waals surface area contributed by atoms with Gasteiger partial charge in [-0.25, -0.2) is 0 Å². The number of H-pyrrole nitrogens is 1. The molecule has 1 saturated carbocycles. The fourth-order valence-corrected chi connectivity index (χ4v) is 4.56. The van der Waals surface area contributed by atoms with Crippen molar-refractivity contribution in [1.29, 1.82) is 0 Å². The molecule has 2 aromatic heterocycles. The second kappa shape index (κ2) is 9.15. The van der Waals surface area contributed by atoms with Gasteiger partial charge in [0.2, 0.25) is 5.91 Å². The van der Waals surface area contributed by atoms with Crippen LogP contribution in [-0.4, -0.2) is 34.4 Å². The van der Waals surface area contributed by atoms with Crippen LogP contribution in [0.5, 0.6) is 0 Å². The molecular weight excluding hydrogens is 400 g/mol. The van der Waals surface area contributed by atoms with Gasteiger partial charge in [0.05, 0.1) is 12.2 Å². The second-order valence-corrected chi connectivity index (χ2v) is 9.77. The molecule has 1 fully saturated rings. The molecule has 4 rings (SSSR count). The number of nitrogens with one attached hydrogen (secondary N) is 3. The van der Waals surface area contributed by atoms with Gasteiger partial charge >= 0.3 is 0 Å². The molecule has 3 N–H and O–H groups in total. The Balaban J connectivity index is 0.00000204. The van der Waals surface area contributed by atoms with Crippen LogP contribution in [-0.2, 0) is 10.2 Å². The van der Waals surface area contributed by atoms with Crippen molar-refractivity contribution in [3.05, 3.63) is 65.6 Å². The molecule has 2 unspecified atom stereocenters. The van der Waals surface area contributed by atoms with Crippen molar-refractivity contribution in [2.45, 2.75) is 63.8 Å². The summed E-state index contributed by atoms with van der Waals surface area (Å²) < 4.78 is 0. The predicted octanol–water partition coefficient (Wildman–Crippen LogP) is 5.17. The van der Waals surface area contributed by atoms with Gasteiger partial charge in [-0.15, -0.1) is 0 Å². The summed E-state index contributed by atoms with van der Waals surface area (Å²) in [6.45, 7) is 6.39. The number of aromatic nitrogens is 2. The molecule has 3 aromatic rings. The maximum absolute atomic E-state index is 12.5. The van der Waals surface area contributed by atoms with Crippen LogP contribution in [0.3, 0.4) is 0 Å². The largest absolute Gasteiger partial charge is 0.361 e. The van der Waals surface area contributed by atoms with Crippen LogP contribution in [0.2, 0.25) is 0 Å². The minimum atomic E-state index is -0.231. The lowest BCUT2D eigenvalue weighted by atomic mass is 9.82. The van der Waals surface area contributed by atoms with Crippen LogP contribution in [0.4, 0.5) is 0 Å². The Morgan fingerprint density at radius 3 is 2.66 bits per heavy atom. The van der Waals surface area contributed by atoms with Gasteiger partial charge < -0.3 is 15.6 Å². The standard InChI is InChI=1S/C26H32N4O2.3H2/c1-26(2,3)19-9-7-17(8-10-19)25(32)29-16-23(31)30-20-6-4-5-18(15-20)24-21-11-13-27-22(21)12-14-28-24;;;/h7-14,18,20,27H,4-6,15-16H2,1-3H3,(H,29,32)(H,30,31);3*1H. The van der Waals surface area contributed by atoms with Crippen LogP contribution < -0.4 is 10.6 Å². The van der Waals surface area contributed by atoms with Crippen molar-refractivity contribution in [2.24, 2.45) is 0 Å². The summed E-state index contributed by atoms with van der Waals surface area (Å²) in [5.74, 6) is -0.0574. The van der Waals surface area contributed by atoms with E-state index in [0.717, 1.165) is 42.3 Å². The third-order valence-corrected chi connectivity index (χ3v) is 6.36. The Kier molecular flexibility index (Phi) is 6.31. The highest BCUT2D eigenvalue weighted by atomic mass is 16.2. The van der Waals surface area contributed by atoms with Crippen molar-refractivity contribution >= 4 is 22.7 Å². The highest BCUT2D eigenvalue weighted by Crippen LogP contribution is 2.35. The Hall–Kier alpha value is -3.15. The van der Waals surface area contributed by atoms with Crippen LogP contribution in [0, 0.1) is 0 Å². The molecular formula is C26H38N4O2. The fraction of sp³-hybridized carbons (Fsp3) is 0.423. The number of nitrogens with zero attached hydrogens (tertiary/aromatic N) is 1. The number of amides is 2. The van der Waals surface area contributed by atoms with E-state index in [1.54, 1.807) is 0 Å². The minimum absolute atomic E-state index is 0. The van der Waals surface area contributed by atoms with E-state index >= 15 is 0 Å². The highest BCUT2D eigenvalue weighted by molar-refractivity contribution is 5.96. The average Bonchev–Trinajstić information content (AvgIpc) is 3.26. The first-order valence-corrected chi connectivity index (χ1v) is 11.4. The zero-order chi connectivity index (χ0) is 22.7. The molecule has 0 bridgehead atoms. The molecule has 6 nitrogen and oxygen atoms in total. The molecule has 2 atom stereocenters. The lowest BCUT2D eigenvalue weighted by Crippen LogP contribution is -2.43. The summed E-state index contributed by atoms with van der Waals surface area (Å²) in [6, 6.07) is 11.7. The third kappa shape index (κ3) is 5.01. The SMILES string of the molecule is CC(C)(C)c1ccc(C(=O)NCC(=O)NC2CCCC(c3nccc4[nH]ccc34)C2)cc1.[HH].[HH].[HH]. The van der Waals surface area contributed by atoms with Crippen molar-refractivity contribution in [1.82, 2.24) is 20.6 Å². The molecule has 0 radical (unpaired) electrons. The summed E-state index contributed by atoms with van der Waals surface area (Å²) >= 11 is 0. The normalized spacial score (nSPS) is 19.0. The number of benzene rings is 1. The Morgan fingerprint density at radius 2 is 1.91 bits per heavy atom. The van der Waals surface area contributed by atoms with E-state index in [-0.39, 0.29) is 34.1 Å². The molecule has 0 spiro atoms. The van der Waals surface area contributed by atoms with Crippen molar-refractivity contribution in [3.8, 4) is 0 Å². The molecule has 174 valence electrons. The number of pyridine rings is 1. The van der Waals surface area contributed by atoms with Gasteiger partial charge in [0.1, 0.15) is 0 Å². The Morgan fingerprint density at radius 1 is 1.12 bits per heavy atom. The third-order valence-electron chi connectivity index (χ3n) is 6.36. The summed E-state index contributed by atoms with van der Waals surface area (Å²) in [7, 11) is 0. The summed E-state index contributed by atoms with van der Waals surface area (Å²) in [5.41, 5.74) is 3.97. The van der Waals surface area contributed by atoms with Crippen molar-refractivity contribution in [2.75, 3.05) is 6.54 Å². The van der Waals surface area contributed by atoms with Gasteiger partial charge in [0, 0.05) is 45.1 Å². The molecule has 1 aliphatic carbocycles. The van der Waals surface area contributed by atoms with Gasteiger partial charge in [-0.3, -0.25) is 14.6 Å². The lowest BCUT2D eigenvalue weighted by molar-refractivity contribution is -0.121. The summed E-state index contributed by atoms with van der Waals surface area (Å²) in [4.78, 5) is 32.8. The number of rotatable bonds is 5. The van der Waals surface area contributed by atoms with E-state index in [0.29, 0.717) is 11.5 Å². The second-order valence-electron chi connectivity index (χ2n) is 9.77. The molecule has 0 aliphatic heterocycles. The zero-order valence-corrected chi connectivity index (χ0v) is 19.1. The van der Waals surface area contributed by atoms with Gasteiger partial charge in [-0.2, -0.15) is 0 Å². The van der Waals surface area contributed by atoms with E-state index in [2.05, 4.69) is 47.4 Å². The van der Waals surface area contributed by atoms with Crippen LogP contribution in [0.15, 0.2) is 48.8 Å². The molecule has 1 aromatic carbocycles. The number of carbonyl (C=O) groups excluding carboxylic acids is 2. The minimum Gasteiger partial charge on any atom is -0.361 e. The smallest absolute Gasteiger partial charge is 0.251 e. The van der Waals surface area contributed by atoms with E-state index in [1.807, 2.05) is 42.7 Å². The number of hydrogen-bond donors (Lipinski definition) is 3. The topological polar surface area (TPSA) is 86.9 Å². The predicted molar refractivity (Wildman–Crippen MR) is 133 cm³/mol. The van der Waals surface area contributed by atoms with Crippen LogP contribution in [0.25, 0.3) is 10.9 Å². The number of hydrogen-bond acceptors (Lipinski definition) is 3. The summed E-state index contributed by atoms with van der Waals surface area (Å²) in [5, 5.41) is 7.01. The molecule has 1 aliphatic rings. The first-order valence-electron chi connectivity index (χ1n) is 11.4. The van der Waals surface area contributed by atoms with E-state index in [4.69, 9.17) is 0 Å². The zero-order valence-electron chi connectivity index (χ0n) is 19.1. The number of carbonyl (C=O) groups is 2. The average molecular weight is 439 g/mol. The molecule has 2 heterocycles. The van der Waals surface area contributed by atoms with Gasteiger partial charge in [-0.05, 0) is 54.5 Å². The van der Waals surface area contributed by atoms with Crippen molar-refractivity contribution in [3.63, 3.8) is 0 Å². The highest BCUT2D eigenvalue weighted by Gasteiger charge is 2.26. The van der Waals surface area contributed by atoms with Gasteiger partial charge in [-0.1, -0.05) is 39.3 Å². The maximum Gasteiger partial charge on any atom is 0.251 e. The molecule has 32 heavy (non-hydrogen) atoms. The first kappa shape index (κ1) is 22.1. The van der Waals surface area contributed by atoms with Crippen LogP contribution >= 0.6 is 0 Å². The monoisotopic (exact) mass is 438 g/mol. The lowest BCUT2D eigenvalue weighted by Gasteiger charge is -2.29. The molecule has 0 saturated heterocycles.